The van der Waals surface area contributed by atoms with Gasteiger partial charge in [0.1, 0.15) is 11.5 Å². The van der Waals surface area contributed by atoms with Crippen LogP contribution in [0.25, 0.3) is 101 Å². The van der Waals surface area contributed by atoms with Gasteiger partial charge >= 0.3 is 0 Å². The molecule has 0 N–H and O–H groups in total. The van der Waals surface area contributed by atoms with Gasteiger partial charge in [-0.05, 0) is 291 Å². The molecule has 4 heteroatoms. The number of nitrogens with zero attached hydrogens (tertiary/aromatic N) is 2. The Kier molecular flexibility index (Phi) is 22.0. The lowest BCUT2D eigenvalue weighted by atomic mass is 9.69. The molecule has 4 aliphatic carbocycles. The quantitative estimate of drug-likeness (QED) is 0.0419. The predicted molar refractivity (Wildman–Crippen MR) is 548 cm³/mol. The molecular weight excluding hydrogens is 1590 g/mol. The summed E-state index contributed by atoms with van der Waals surface area (Å²) in [5.41, 5.74) is 40.4. The van der Waals surface area contributed by atoms with E-state index in [2.05, 4.69) is 435 Å². The Hall–Kier alpha value is -15.4. The molecule has 22 rings (SSSR count). The first-order chi connectivity index (χ1) is 64.8. The van der Waals surface area contributed by atoms with Crippen LogP contribution in [0.15, 0.2) is 450 Å². The number of fused-ring (bicyclic) bond motifs is 16. The van der Waals surface area contributed by atoms with Gasteiger partial charge in [0.2, 0.25) is 0 Å². The molecule has 2 unspecified atom stereocenters. The van der Waals surface area contributed by atoms with Crippen molar-refractivity contribution in [2.75, 3.05) is 23.0 Å². The smallest absolute Gasteiger partial charge is 0.119 e. The van der Waals surface area contributed by atoms with Gasteiger partial charge in [0.25, 0.3) is 0 Å². The molecule has 0 radical (unpaired) electrons. The summed E-state index contributed by atoms with van der Waals surface area (Å²) in [6.07, 6.45) is 14.2. The van der Waals surface area contributed by atoms with Crippen molar-refractivity contribution in [3.63, 3.8) is 0 Å². The van der Waals surface area contributed by atoms with Gasteiger partial charge in [-0.25, -0.2) is 0 Å². The highest BCUT2D eigenvalue weighted by atomic mass is 16.5. The van der Waals surface area contributed by atoms with E-state index < -0.39 is 5.41 Å². The molecule has 0 fully saturated rings. The van der Waals surface area contributed by atoms with Crippen molar-refractivity contribution in [3.8, 4) is 101 Å². The van der Waals surface area contributed by atoms with Crippen molar-refractivity contribution in [2.45, 2.75) is 80.5 Å². The van der Waals surface area contributed by atoms with Gasteiger partial charge in [-0.3, -0.25) is 0 Å². The summed E-state index contributed by atoms with van der Waals surface area (Å²) in [6, 6.07) is 164. The fraction of sp³-hybridized carbons (Fsp3) is 0.118. The molecule has 0 saturated heterocycles. The third-order valence-corrected chi connectivity index (χ3v) is 28.5. The summed E-state index contributed by atoms with van der Waals surface area (Å²) in [6.45, 7) is 9.24. The molecule has 131 heavy (non-hydrogen) atoms. The lowest BCUT2D eigenvalue weighted by molar-refractivity contribution is 0.303. The first kappa shape index (κ1) is 81.4. The van der Waals surface area contributed by atoms with E-state index in [9.17, 15) is 0 Å². The first-order valence-electron chi connectivity index (χ1n) is 46.8. The zero-order valence-electron chi connectivity index (χ0n) is 73.8. The molecule has 18 aromatic carbocycles. The first-order valence-corrected chi connectivity index (χ1v) is 46.8. The molecule has 4 aliphatic rings. The second-order valence-electron chi connectivity index (χ2n) is 35.6. The summed E-state index contributed by atoms with van der Waals surface area (Å²) < 4.78 is 12.5. The van der Waals surface area contributed by atoms with E-state index in [0.717, 1.165) is 132 Å². The highest BCUT2D eigenvalue weighted by molar-refractivity contribution is 5.98. The molecule has 0 aliphatic heterocycles. The van der Waals surface area contributed by atoms with E-state index in [1.807, 2.05) is 36.4 Å². The molecule has 0 saturated carbocycles. The highest BCUT2D eigenvalue weighted by Crippen LogP contribution is 2.65. The topological polar surface area (TPSA) is 24.9 Å². The van der Waals surface area contributed by atoms with Crippen LogP contribution in [0, 0.1) is 0 Å². The normalized spacial score (nSPS) is 15.4. The Labute approximate surface area is 771 Å². The van der Waals surface area contributed by atoms with Crippen LogP contribution in [0.3, 0.4) is 0 Å². The Morgan fingerprint density at radius 2 is 0.473 bits per heavy atom. The minimum atomic E-state index is -0.609. The molecular formula is C127H102N2O2. The number of hydrogen-bond donors (Lipinski definition) is 0. The molecule has 18 aromatic rings. The summed E-state index contributed by atoms with van der Waals surface area (Å²) in [7, 11) is 0. The van der Waals surface area contributed by atoms with Crippen LogP contribution in [0.4, 0.5) is 34.1 Å². The number of ether oxygens (including phenoxy) is 2. The third kappa shape index (κ3) is 14.7. The molecule has 0 amide bonds. The monoisotopic (exact) mass is 1690 g/mol. The summed E-state index contributed by atoms with van der Waals surface area (Å²) >= 11 is 0. The minimum absolute atomic E-state index is 0.379. The molecule has 2 atom stereocenters. The van der Waals surface area contributed by atoms with Crippen molar-refractivity contribution in [2.24, 2.45) is 0 Å². The van der Waals surface area contributed by atoms with Crippen molar-refractivity contribution in [3.05, 3.63) is 517 Å². The molecule has 0 bridgehead atoms. The number of anilines is 6. The zero-order chi connectivity index (χ0) is 87.7. The van der Waals surface area contributed by atoms with Crippen molar-refractivity contribution < 1.29 is 9.47 Å². The average molecular weight is 1690 g/mol. The molecule has 4 nitrogen and oxygen atoms in total. The lowest BCUT2D eigenvalue weighted by Gasteiger charge is -2.34. The van der Waals surface area contributed by atoms with Gasteiger partial charge in [-0.1, -0.05) is 391 Å². The molecule has 0 heterocycles. The minimum Gasteiger partial charge on any atom is -0.494 e. The Balaban J connectivity index is 0.601. The van der Waals surface area contributed by atoms with Gasteiger partial charge in [-0.15, -0.1) is 0 Å². The van der Waals surface area contributed by atoms with Crippen LogP contribution in [0.5, 0.6) is 11.5 Å². The number of benzene rings is 18. The van der Waals surface area contributed by atoms with Crippen LogP contribution >= 0.6 is 0 Å². The SMILES string of the molecule is C=Cc1ccc(OCCCCCCC2(c3ccccc3)c3ccccc3-c3ccc(N(c4ccc(-c5ccccc5)cc4)c4ccc(-c5ccc6c(c5)C5(c7ccccc7-6)c6ccccc6-c6ccc(-c7ccc(N(c8ccc(-c9ccccc9)cc8)c8ccc9c(c8)C(CCCCCCOc8ccc(C=C)cc8)(c8ccccc8)c8ccccc8-9)cc7)cc65)cc4)cc32)cc1. The maximum atomic E-state index is 6.24. The zero-order valence-corrected chi connectivity index (χ0v) is 73.8. The number of rotatable bonds is 30. The Morgan fingerprint density at radius 3 is 0.832 bits per heavy atom. The number of unbranched alkanes of at least 4 members (excludes halogenated alkanes) is 6. The van der Waals surface area contributed by atoms with Crippen molar-refractivity contribution in [1.82, 2.24) is 0 Å². The van der Waals surface area contributed by atoms with Gasteiger partial charge < -0.3 is 19.3 Å². The summed E-state index contributed by atoms with van der Waals surface area (Å²) in [4.78, 5) is 4.96. The highest BCUT2D eigenvalue weighted by Gasteiger charge is 2.53. The summed E-state index contributed by atoms with van der Waals surface area (Å²) in [5.74, 6) is 1.81. The number of hydrogen-bond acceptors (Lipinski definition) is 4. The van der Waals surface area contributed by atoms with Crippen LogP contribution in [0.1, 0.15) is 131 Å². The van der Waals surface area contributed by atoms with E-state index in [1.54, 1.807) is 0 Å². The van der Waals surface area contributed by atoms with E-state index in [4.69, 9.17) is 9.47 Å². The fourth-order valence-electron chi connectivity index (χ4n) is 22.2. The third-order valence-electron chi connectivity index (χ3n) is 28.5. The fourth-order valence-corrected chi connectivity index (χ4v) is 22.2. The van der Waals surface area contributed by atoms with Gasteiger partial charge in [0.15, 0.2) is 0 Å². The maximum absolute atomic E-state index is 6.24. The summed E-state index contributed by atoms with van der Waals surface area (Å²) in [5, 5.41) is 0. The standard InChI is InChI=1S/C127H102N2O2/c1-3-89-49-73-107(74-50-89)130-83-31-7-5-29-81-125(99-37-17-11-18-38-99)117-45-25-21-41-109(117)113-79-71-105(87-121(113)125)128(101-63-53-93(54-64-101)91-33-13-9-14-34-91)103-67-57-95(58-68-103)97-61-77-115-111-43-23-27-47-119(111)127(123(115)85-97)120-48-28-24-44-112(120)116-78-62-98(86-124(116)127)96-59-69-104(70-60-96)129(102-65-55-94(56-66-102)92-35-15-10-16-36-92)106-72-80-114-110-42-22-26-46-118(110)126(122(114)88-106,100-39-19-12-20-40-100)82-30-6-8-32-84-131-108-75-51-90(4-2)52-76-108/h3-4,9-28,33-80,85-88H,1-2,5-8,29-32,81-84H2. The van der Waals surface area contributed by atoms with E-state index in [0.29, 0.717) is 13.2 Å². The van der Waals surface area contributed by atoms with Crippen molar-refractivity contribution >= 4 is 46.3 Å². The van der Waals surface area contributed by atoms with Crippen molar-refractivity contribution in [1.29, 1.82) is 0 Å². The van der Waals surface area contributed by atoms with Gasteiger partial charge in [-0.2, -0.15) is 0 Å². The largest absolute Gasteiger partial charge is 0.494 e. The van der Waals surface area contributed by atoms with E-state index in [-0.39, 0.29) is 10.8 Å². The molecule has 0 aromatic heterocycles. The maximum Gasteiger partial charge on any atom is 0.119 e. The molecule has 632 valence electrons. The van der Waals surface area contributed by atoms with Gasteiger partial charge in [0, 0.05) is 45.0 Å². The lowest BCUT2D eigenvalue weighted by Crippen LogP contribution is -2.27. The van der Waals surface area contributed by atoms with Crippen LogP contribution in [-0.2, 0) is 16.2 Å². The predicted octanol–water partition coefficient (Wildman–Crippen LogP) is 33.6. The van der Waals surface area contributed by atoms with Crippen LogP contribution in [-0.4, -0.2) is 13.2 Å². The molecule has 1 spiro atoms. The second-order valence-corrected chi connectivity index (χ2v) is 35.6. The van der Waals surface area contributed by atoms with Gasteiger partial charge in [0.05, 0.1) is 18.6 Å². The van der Waals surface area contributed by atoms with Crippen LogP contribution in [0.2, 0.25) is 0 Å². The Bertz CT molecular complexity index is 6770. The van der Waals surface area contributed by atoms with E-state index in [1.165, 1.54) is 134 Å². The van der Waals surface area contributed by atoms with Crippen LogP contribution < -0.4 is 19.3 Å². The second kappa shape index (κ2) is 35.4. The Morgan fingerprint density at radius 1 is 0.206 bits per heavy atom. The van der Waals surface area contributed by atoms with E-state index >= 15 is 0 Å². The average Bonchev–Trinajstić information content (AvgIpc) is 1.50.